The van der Waals surface area contributed by atoms with Crippen molar-refractivity contribution in [2.75, 3.05) is 10.6 Å². The molecule has 0 aliphatic carbocycles. The minimum atomic E-state index is -0.778. The Morgan fingerprint density at radius 1 is 1.15 bits per heavy atom. The van der Waals surface area contributed by atoms with Crippen molar-refractivity contribution in [1.82, 2.24) is 15.0 Å². The van der Waals surface area contributed by atoms with E-state index in [1.807, 2.05) is 13.8 Å². The third-order valence-electron chi connectivity index (χ3n) is 3.44. The molecule has 0 saturated carbocycles. The fourth-order valence-corrected chi connectivity index (χ4v) is 2.90. The summed E-state index contributed by atoms with van der Waals surface area (Å²) in [5, 5.41) is 17.1. The summed E-state index contributed by atoms with van der Waals surface area (Å²) >= 11 is 1.31. The second-order valence-electron chi connectivity index (χ2n) is 5.21. The quantitative estimate of drug-likeness (QED) is 0.506. The lowest BCUT2D eigenvalue weighted by atomic mass is 10.3. The number of nitrogens with zero attached hydrogens (tertiary/aromatic N) is 4. The van der Waals surface area contributed by atoms with Crippen molar-refractivity contribution in [1.29, 1.82) is 0 Å². The van der Waals surface area contributed by atoms with Crippen molar-refractivity contribution in [3.63, 3.8) is 0 Å². The van der Waals surface area contributed by atoms with Gasteiger partial charge in [0.1, 0.15) is 18.0 Å². The molecule has 0 fully saturated rings. The Kier molecular flexibility index (Phi) is 4.71. The summed E-state index contributed by atoms with van der Waals surface area (Å²) < 4.78 is 27.1. The number of aromatic nitrogens is 3. The molecular weight excluding hydrogens is 366 g/mol. The molecule has 3 aromatic rings. The minimum absolute atomic E-state index is 0.113. The third-order valence-corrected chi connectivity index (χ3v) is 4.43. The van der Waals surface area contributed by atoms with Crippen LogP contribution in [-0.2, 0) is 0 Å². The fourth-order valence-electron chi connectivity index (χ4n) is 2.08. The molecule has 0 spiro atoms. The predicted molar refractivity (Wildman–Crippen MR) is 93.2 cm³/mol. The van der Waals surface area contributed by atoms with Crippen LogP contribution in [-0.4, -0.2) is 19.9 Å². The van der Waals surface area contributed by atoms with E-state index in [1.54, 1.807) is 0 Å². The van der Waals surface area contributed by atoms with Gasteiger partial charge in [-0.05, 0) is 26.0 Å². The summed E-state index contributed by atoms with van der Waals surface area (Å²) in [4.78, 5) is 23.6. The van der Waals surface area contributed by atoms with Crippen molar-refractivity contribution in [3.8, 4) is 0 Å². The van der Waals surface area contributed by atoms with Gasteiger partial charge in [-0.2, -0.15) is 0 Å². The van der Waals surface area contributed by atoms with Gasteiger partial charge in [-0.25, -0.2) is 23.7 Å². The molecule has 2 aromatic heterocycles. The molecule has 3 rings (SSSR count). The zero-order chi connectivity index (χ0) is 18.8. The number of aryl methyl sites for hydroxylation is 2. The van der Waals surface area contributed by atoms with Crippen LogP contribution in [0.1, 0.15) is 10.6 Å². The number of nitrogens with one attached hydrogen (secondary N) is 2. The van der Waals surface area contributed by atoms with Gasteiger partial charge < -0.3 is 10.6 Å². The van der Waals surface area contributed by atoms with E-state index in [9.17, 15) is 18.9 Å². The Hall–Kier alpha value is -3.21. The second-order valence-corrected chi connectivity index (χ2v) is 6.41. The summed E-state index contributed by atoms with van der Waals surface area (Å²) in [6.45, 7) is 3.68. The summed E-state index contributed by atoms with van der Waals surface area (Å²) in [6, 6.07) is 2.72. The topological polar surface area (TPSA) is 106 Å². The van der Waals surface area contributed by atoms with Crippen molar-refractivity contribution in [2.45, 2.75) is 13.8 Å². The number of rotatable bonds is 5. The van der Waals surface area contributed by atoms with Crippen LogP contribution in [0.3, 0.4) is 0 Å². The van der Waals surface area contributed by atoms with E-state index in [0.29, 0.717) is 5.13 Å². The number of anilines is 4. The molecule has 0 radical (unpaired) electrons. The molecule has 134 valence electrons. The van der Waals surface area contributed by atoms with Crippen LogP contribution in [0, 0.1) is 35.6 Å². The molecule has 2 heterocycles. The molecule has 26 heavy (non-hydrogen) atoms. The second kappa shape index (κ2) is 6.96. The monoisotopic (exact) mass is 378 g/mol. The number of hydrogen-bond acceptors (Lipinski definition) is 8. The van der Waals surface area contributed by atoms with E-state index in [2.05, 4.69) is 25.6 Å². The molecule has 0 aliphatic rings. The molecular formula is C15H12F2N6O2S. The highest BCUT2D eigenvalue weighted by Gasteiger charge is 2.25. The van der Waals surface area contributed by atoms with Crippen molar-refractivity contribution >= 4 is 39.5 Å². The van der Waals surface area contributed by atoms with Crippen LogP contribution in [0.5, 0.6) is 0 Å². The van der Waals surface area contributed by atoms with Gasteiger partial charge in [-0.3, -0.25) is 10.1 Å². The molecule has 0 amide bonds. The van der Waals surface area contributed by atoms with E-state index >= 15 is 0 Å². The van der Waals surface area contributed by atoms with E-state index in [4.69, 9.17) is 0 Å². The molecule has 11 heteroatoms. The SMILES string of the molecule is Cc1nc(Nc2ncnc(Nc3cc(F)ccc3F)c2[N+](=O)[O-])sc1C. The van der Waals surface area contributed by atoms with Gasteiger partial charge in [0.05, 0.1) is 16.3 Å². The first kappa shape index (κ1) is 17.6. The largest absolute Gasteiger partial charge is 0.353 e. The van der Waals surface area contributed by atoms with Crippen LogP contribution >= 0.6 is 11.3 Å². The third kappa shape index (κ3) is 3.57. The van der Waals surface area contributed by atoms with Gasteiger partial charge in [0.15, 0.2) is 5.13 Å². The number of hydrogen-bond donors (Lipinski definition) is 2. The predicted octanol–water partition coefficient (Wildman–Crippen LogP) is 4.22. The molecule has 8 nitrogen and oxygen atoms in total. The van der Waals surface area contributed by atoms with Gasteiger partial charge in [-0.15, -0.1) is 11.3 Å². The first-order valence-corrected chi connectivity index (χ1v) is 8.09. The summed E-state index contributed by atoms with van der Waals surface area (Å²) in [5.74, 6) is -1.86. The highest BCUT2D eigenvalue weighted by Crippen LogP contribution is 2.34. The van der Waals surface area contributed by atoms with Gasteiger partial charge in [0.25, 0.3) is 0 Å². The maximum atomic E-state index is 13.8. The van der Waals surface area contributed by atoms with Crippen LogP contribution in [0.2, 0.25) is 0 Å². The highest BCUT2D eigenvalue weighted by atomic mass is 32.1. The Labute approximate surface area is 150 Å². The minimum Gasteiger partial charge on any atom is -0.332 e. The van der Waals surface area contributed by atoms with E-state index < -0.39 is 22.2 Å². The van der Waals surface area contributed by atoms with Gasteiger partial charge in [0, 0.05) is 10.9 Å². The lowest BCUT2D eigenvalue weighted by Gasteiger charge is -2.09. The normalized spacial score (nSPS) is 10.6. The highest BCUT2D eigenvalue weighted by molar-refractivity contribution is 7.15. The standard InChI is InChI=1S/C15H12F2N6O2S/c1-7-8(2)26-15(20-7)22-14-12(23(24)25)13(18-6-19-14)21-11-5-9(16)3-4-10(11)17/h3-6H,1-2H3,(H2,18,19,20,21,22). The molecule has 0 aliphatic heterocycles. The van der Waals surface area contributed by atoms with E-state index in [1.165, 1.54) is 11.3 Å². The zero-order valence-corrected chi connectivity index (χ0v) is 14.4. The van der Waals surface area contributed by atoms with E-state index in [0.717, 1.165) is 35.1 Å². The van der Waals surface area contributed by atoms with Gasteiger partial charge in [0.2, 0.25) is 11.6 Å². The molecule has 0 atom stereocenters. The summed E-state index contributed by atoms with van der Waals surface area (Å²) in [6.07, 6.45) is 1.07. The van der Waals surface area contributed by atoms with Crippen molar-refractivity contribution in [2.24, 2.45) is 0 Å². The number of nitro groups is 1. The fraction of sp³-hybridized carbons (Fsp3) is 0.133. The molecule has 0 saturated heterocycles. The Morgan fingerprint density at radius 3 is 2.46 bits per heavy atom. The summed E-state index contributed by atoms with van der Waals surface area (Å²) in [5.41, 5.74) is -0.00487. The lowest BCUT2D eigenvalue weighted by molar-refractivity contribution is -0.383. The maximum Gasteiger partial charge on any atom is 0.353 e. The molecule has 0 unspecified atom stereocenters. The zero-order valence-electron chi connectivity index (χ0n) is 13.6. The van der Waals surface area contributed by atoms with Gasteiger partial charge in [-0.1, -0.05) is 0 Å². The number of halogens is 2. The Bertz CT molecular complexity index is 975. The first-order valence-electron chi connectivity index (χ1n) is 7.27. The molecule has 0 bridgehead atoms. The Balaban J connectivity index is 2.00. The smallest absolute Gasteiger partial charge is 0.332 e. The number of thiazole rings is 1. The Morgan fingerprint density at radius 2 is 1.85 bits per heavy atom. The number of benzene rings is 1. The van der Waals surface area contributed by atoms with Crippen LogP contribution in [0.25, 0.3) is 0 Å². The van der Waals surface area contributed by atoms with E-state index in [-0.39, 0.29) is 17.3 Å². The lowest BCUT2D eigenvalue weighted by Crippen LogP contribution is -2.06. The van der Waals surface area contributed by atoms with Crippen LogP contribution in [0.15, 0.2) is 24.5 Å². The van der Waals surface area contributed by atoms with Crippen LogP contribution < -0.4 is 10.6 Å². The van der Waals surface area contributed by atoms with Crippen LogP contribution in [0.4, 0.5) is 36.9 Å². The summed E-state index contributed by atoms with van der Waals surface area (Å²) in [7, 11) is 0. The molecule has 1 aromatic carbocycles. The average molecular weight is 378 g/mol. The first-order chi connectivity index (χ1) is 12.3. The maximum absolute atomic E-state index is 13.8. The van der Waals surface area contributed by atoms with Crippen molar-refractivity contribution < 1.29 is 13.7 Å². The average Bonchev–Trinajstić information content (AvgIpc) is 2.88. The van der Waals surface area contributed by atoms with Gasteiger partial charge >= 0.3 is 5.69 Å². The van der Waals surface area contributed by atoms with Crippen molar-refractivity contribution in [3.05, 3.63) is 56.8 Å². The molecule has 2 N–H and O–H groups in total.